The molecule has 0 aliphatic carbocycles. The van der Waals surface area contributed by atoms with Crippen LogP contribution in [0.1, 0.15) is 18.4 Å². The third-order valence-corrected chi connectivity index (χ3v) is 3.38. The van der Waals surface area contributed by atoms with Gasteiger partial charge in [-0.3, -0.25) is 0 Å². The first-order valence-corrected chi connectivity index (χ1v) is 7.50. The molecule has 0 N–H and O–H groups in total. The van der Waals surface area contributed by atoms with Crippen molar-refractivity contribution in [3.63, 3.8) is 0 Å². The van der Waals surface area contributed by atoms with Gasteiger partial charge < -0.3 is 9.47 Å². The molecular weight excluding hydrogens is 292 g/mol. The van der Waals surface area contributed by atoms with E-state index in [0.29, 0.717) is 13.2 Å². The lowest BCUT2D eigenvalue weighted by molar-refractivity contribution is -0.0496. The molecule has 1 aromatic rings. The van der Waals surface area contributed by atoms with Gasteiger partial charge in [-0.1, -0.05) is 58.4 Å². The average molecular weight is 311 g/mol. The SMILES string of the molecule is BrCC[C@H]1C=CC[C@@H](COCc2ccccc2)O1. The zero-order chi connectivity index (χ0) is 12.6. The lowest BCUT2D eigenvalue weighted by Gasteiger charge is -2.25. The molecule has 1 aliphatic heterocycles. The van der Waals surface area contributed by atoms with Crippen molar-refractivity contribution in [1.29, 1.82) is 0 Å². The van der Waals surface area contributed by atoms with E-state index < -0.39 is 0 Å². The highest BCUT2D eigenvalue weighted by molar-refractivity contribution is 9.09. The van der Waals surface area contributed by atoms with Gasteiger partial charge >= 0.3 is 0 Å². The predicted octanol–water partition coefficient (Wildman–Crippen LogP) is 3.70. The summed E-state index contributed by atoms with van der Waals surface area (Å²) in [4.78, 5) is 0. The normalized spacial score (nSPS) is 23.2. The summed E-state index contributed by atoms with van der Waals surface area (Å²) in [7, 11) is 0. The Bertz CT molecular complexity index is 364. The Kier molecular flexibility index (Phi) is 5.91. The predicted molar refractivity (Wildman–Crippen MR) is 76.9 cm³/mol. The molecule has 1 aliphatic rings. The van der Waals surface area contributed by atoms with Crippen LogP contribution in [0, 0.1) is 0 Å². The minimum absolute atomic E-state index is 0.197. The highest BCUT2D eigenvalue weighted by Crippen LogP contribution is 2.16. The van der Waals surface area contributed by atoms with Crippen molar-refractivity contribution in [1.82, 2.24) is 0 Å². The second kappa shape index (κ2) is 7.72. The summed E-state index contributed by atoms with van der Waals surface area (Å²) in [6.07, 6.45) is 6.76. The van der Waals surface area contributed by atoms with E-state index in [9.17, 15) is 0 Å². The van der Waals surface area contributed by atoms with E-state index in [-0.39, 0.29) is 12.2 Å². The molecule has 2 atom stereocenters. The van der Waals surface area contributed by atoms with E-state index in [1.807, 2.05) is 18.2 Å². The third-order valence-electron chi connectivity index (χ3n) is 2.93. The quantitative estimate of drug-likeness (QED) is 0.589. The van der Waals surface area contributed by atoms with Gasteiger partial charge in [0.2, 0.25) is 0 Å². The number of benzene rings is 1. The lowest BCUT2D eigenvalue weighted by Crippen LogP contribution is -2.28. The molecule has 98 valence electrons. The Balaban J connectivity index is 1.69. The van der Waals surface area contributed by atoms with Gasteiger partial charge in [-0.15, -0.1) is 0 Å². The van der Waals surface area contributed by atoms with E-state index >= 15 is 0 Å². The fourth-order valence-corrected chi connectivity index (χ4v) is 2.44. The van der Waals surface area contributed by atoms with Gasteiger partial charge in [0, 0.05) is 5.33 Å². The molecule has 0 unspecified atom stereocenters. The first-order valence-electron chi connectivity index (χ1n) is 6.38. The van der Waals surface area contributed by atoms with Crippen molar-refractivity contribution in [2.24, 2.45) is 0 Å². The molecular formula is C15H19BrO2. The summed E-state index contributed by atoms with van der Waals surface area (Å²) in [6.45, 7) is 1.32. The summed E-state index contributed by atoms with van der Waals surface area (Å²) in [5.41, 5.74) is 1.21. The Hall–Kier alpha value is -0.640. The molecule has 3 heteroatoms. The maximum absolute atomic E-state index is 5.92. The number of ether oxygens (including phenoxy) is 2. The minimum Gasteiger partial charge on any atom is -0.374 e. The molecule has 0 bridgehead atoms. The van der Waals surface area contributed by atoms with Crippen molar-refractivity contribution in [3.8, 4) is 0 Å². The van der Waals surface area contributed by atoms with Crippen LogP contribution in [-0.2, 0) is 16.1 Å². The Labute approximate surface area is 117 Å². The smallest absolute Gasteiger partial charge is 0.0851 e. The standard InChI is InChI=1S/C15H19BrO2/c16-10-9-14-7-4-8-15(18-14)12-17-11-13-5-2-1-3-6-13/h1-7,14-15H,8-12H2/t14-,15+/m1/s1. The van der Waals surface area contributed by atoms with Crippen molar-refractivity contribution < 1.29 is 9.47 Å². The largest absolute Gasteiger partial charge is 0.374 e. The second-order valence-corrected chi connectivity index (χ2v) is 5.23. The Morgan fingerprint density at radius 1 is 1.28 bits per heavy atom. The molecule has 0 aromatic heterocycles. The number of hydrogen-bond acceptors (Lipinski definition) is 2. The lowest BCUT2D eigenvalue weighted by atomic mass is 10.1. The van der Waals surface area contributed by atoms with Crippen LogP contribution in [0.3, 0.4) is 0 Å². The van der Waals surface area contributed by atoms with Crippen molar-refractivity contribution in [2.75, 3.05) is 11.9 Å². The number of rotatable bonds is 6. The van der Waals surface area contributed by atoms with Crippen molar-refractivity contribution >= 4 is 15.9 Å². The van der Waals surface area contributed by atoms with Crippen LogP contribution in [0.5, 0.6) is 0 Å². The minimum atomic E-state index is 0.197. The van der Waals surface area contributed by atoms with Crippen LogP contribution >= 0.6 is 15.9 Å². The summed E-state index contributed by atoms with van der Waals surface area (Å²) in [6, 6.07) is 10.2. The molecule has 0 amide bonds. The Morgan fingerprint density at radius 2 is 2.11 bits per heavy atom. The maximum atomic E-state index is 5.92. The number of alkyl halides is 1. The van der Waals surface area contributed by atoms with E-state index in [1.165, 1.54) is 5.56 Å². The maximum Gasteiger partial charge on any atom is 0.0851 e. The van der Waals surface area contributed by atoms with Crippen LogP contribution in [0.2, 0.25) is 0 Å². The second-order valence-electron chi connectivity index (χ2n) is 4.44. The summed E-state index contributed by atoms with van der Waals surface area (Å²) in [5, 5.41) is 0.972. The van der Waals surface area contributed by atoms with Crippen LogP contribution in [0.25, 0.3) is 0 Å². The average Bonchev–Trinajstić information content (AvgIpc) is 2.41. The van der Waals surface area contributed by atoms with Crippen molar-refractivity contribution in [2.45, 2.75) is 31.7 Å². The van der Waals surface area contributed by atoms with Crippen LogP contribution in [0.4, 0.5) is 0 Å². The highest BCUT2D eigenvalue weighted by Gasteiger charge is 2.17. The van der Waals surface area contributed by atoms with E-state index in [1.54, 1.807) is 0 Å². The number of halogens is 1. The molecule has 0 saturated heterocycles. The van der Waals surface area contributed by atoms with Gasteiger partial charge in [0.1, 0.15) is 0 Å². The molecule has 2 rings (SSSR count). The molecule has 1 aromatic carbocycles. The molecule has 0 spiro atoms. The van der Waals surface area contributed by atoms with Gasteiger partial charge in [-0.2, -0.15) is 0 Å². The molecule has 0 radical (unpaired) electrons. The summed E-state index contributed by atoms with van der Waals surface area (Å²) >= 11 is 3.44. The first kappa shape index (κ1) is 13.8. The molecule has 1 heterocycles. The zero-order valence-corrected chi connectivity index (χ0v) is 12.0. The van der Waals surface area contributed by atoms with Crippen LogP contribution in [0.15, 0.2) is 42.5 Å². The summed E-state index contributed by atoms with van der Waals surface area (Å²) in [5.74, 6) is 0. The molecule has 0 fully saturated rings. The van der Waals surface area contributed by atoms with Crippen LogP contribution in [-0.4, -0.2) is 24.1 Å². The van der Waals surface area contributed by atoms with Gasteiger partial charge in [-0.05, 0) is 18.4 Å². The van der Waals surface area contributed by atoms with Gasteiger partial charge in [0.15, 0.2) is 0 Å². The van der Waals surface area contributed by atoms with Crippen molar-refractivity contribution in [3.05, 3.63) is 48.0 Å². The van der Waals surface area contributed by atoms with Gasteiger partial charge in [-0.25, -0.2) is 0 Å². The monoisotopic (exact) mass is 310 g/mol. The van der Waals surface area contributed by atoms with Gasteiger partial charge in [0.25, 0.3) is 0 Å². The summed E-state index contributed by atoms with van der Waals surface area (Å²) < 4.78 is 11.6. The highest BCUT2D eigenvalue weighted by atomic mass is 79.9. The fraction of sp³-hybridized carbons (Fsp3) is 0.467. The first-order chi connectivity index (χ1) is 8.88. The number of hydrogen-bond donors (Lipinski definition) is 0. The molecule has 2 nitrogen and oxygen atoms in total. The van der Waals surface area contributed by atoms with E-state index in [0.717, 1.165) is 18.2 Å². The Morgan fingerprint density at radius 3 is 2.89 bits per heavy atom. The zero-order valence-electron chi connectivity index (χ0n) is 10.4. The van der Waals surface area contributed by atoms with E-state index in [4.69, 9.17) is 9.47 Å². The van der Waals surface area contributed by atoms with Gasteiger partial charge in [0.05, 0.1) is 25.4 Å². The topological polar surface area (TPSA) is 18.5 Å². The molecule has 18 heavy (non-hydrogen) atoms. The van der Waals surface area contributed by atoms with Crippen LogP contribution < -0.4 is 0 Å². The molecule has 0 saturated carbocycles. The van der Waals surface area contributed by atoms with E-state index in [2.05, 4.69) is 40.2 Å². The third kappa shape index (κ3) is 4.56. The fourth-order valence-electron chi connectivity index (χ4n) is 1.99.